The minimum atomic E-state index is -0.0457. The van der Waals surface area contributed by atoms with Crippen molar-refractivity contribution in [2.75, 3.05) is 22.9 Å². The Morgan fingerprint density at radius 1 is 0.449 bits per heavy atom. The van der Waals surface area contributed by atoms with Gasteiger partial charge < -0.3 is 9.80 Å². The van der Waals surface area contributed by atoms with Gasteiger partial charge in [-0.25, -0.2) is 0 Å². The van der Waals surface area contributed by atoms with E-state index in [1.54, 1.807) is 0 Å². The third kappa shape index (κ3) is 4.69. The lowest BCUT2D eigenvalue weighted by atomic mass is 9.75. The van der Waals surface area contributed by atoms with Gasteiger partial charge in [0.1, 0.15) is 0 Å². The van der Waals surface area contributed by atoms with Gasteiger partial charge in [0.25, 0.3) is 0 Å². The molecule has 2 aliphatic heterocycles. The quantitative estimate of drug-likeness (QED) is 0.178. The van der Waals surface area contributed by atoms with E-state index in [1.807, 2.05) is 0 Å². The van der Waals surface area contributed by atoms with Crippen LogP contribution in [0.3, 0.4) is 0 Å². The summed E-state index contributed by atoms with van der Waals surface area (Å²) in [6.07, 6.45) is 11.4. The molecule has 2 nitrogen and oxygen atoms in total. The standard InChI is InChI=1S/C47H40N2/c1-2-12-38-32-47(31-37(38)11-1)43-29-34(18-17-33-19-22-39(23-20-33)48-27-7-13-35-9-3-5-15-45(35)48)21-25-41(43)42-26-24-40(30-44(42)47)49-28-8-14-36-10-4-6-16-46(36)49/h1-6,9-12,15-26,29-30H,7-8,13-14,27-28,31-32H2/b18-17+. The number of hydrogen-bond donors (Lipinski definition) is 0. The molecule has 2 heterocycles. The van der Waals surface area contributed by atoms with E-state index in [2.05, 4.69) is 155 Å². The largest absolute Gasteiger partial charge is 0.341 e. The van der Waals surface area contributed by atoms with Crippen molar-refractivity contribution >= 4 is 34.9 Å². The van der Waals surface area contributed by atoms with E-state index in [-0.39, 0.29) is 5.41 Å². The summed E-state index contributed by atoms with van der Waals surface area (Å²) in [5.41, 5.74) is 19.5. The second-order valence-electron chi connectivity index (χ2n) is 14.4. The molecule has 4 aliphatic rings. The third-order valence-corrected chi connectivity index (χ3v) is 11.7. The highest BCUT2D eigenvalue weighted by Crippen LogP contribution is 2.56. The van der Waals surface area contributed by atoms with E-state index in [1.165, 1.54) is 97.6 Å². The number of nitrogens with zero attached hydrogens (tertiary/aromatic N) is 2. The molecule has 0 N–H and O–H groups in total. The van der Waals surface area contributed by atoms with Crippen molar-refractivity contribution in [2.45, 2.75) is 43.9 Å². The molecule has 2 heteroatoms. The molecule has 49 heavy (non-hydrogen) atoms. The molecular weight excluding hydrogens is 593 g/mol. The molecule has 10 rings (SSSR count). The maximum absolute atomic E-state index is 2.56. The minimum Gasteiger partial charge on any atom is -0.341 e. The lowest BCUT2D eigenvalue weighted by molar-refractivity contribution is 0.563. The zero-order chi connectivity index (χ0) is 32.4. The fraction of sp³-hybridized carbons (Fsp3) is 0.191. The monoisotopic (exact) mass is 632 g/mol. The summed E-state index contributed by atoms with van der Waals surface area (Å²) in [6.45, 7) is 2.14. The minimum absolute atomic E-state index is 0.0457. The summed E-state index contributed by atoms with van der Waals surface area (Å²) in [4.78, 5) is 5.03. The lowest BCUT2D eigenvalue weighted by Gasteiger charge is -2.33. The summed E-state index contributed by atoms with van der Waals surface area (Å²) in [5.74, 6) is 0. The van der Waals surface area contributed by atoms with Crippen LogP contribution in [0, 0.1) is 0 Å². The molecule has 0 saturated carbocycles. The van der Waals surface area contributed by atoms with Crippen LogP contribution in [0.25, 0.3) is 23.3 Å². The fourth-order valence-electron chi connectivity index (χ4n) is 9.33. The van der Waals surface area contributed by atoms with Gasteiger partial charge in [-0.2, -0.15) is 0 Å². The molecular formula is C47H40N2. The van der Waals surface area contributed by atoms with Crippen LogP contribution in [0.15, 0.2) is 133 Å². The second-order valence-corrected chi connectivity index (χ2v) is 14.4. The maximum Gasteiger partial charge on any atom is 0.0443 e. The number of rotatable bonds is 4. The van der Waals surface area contributed by atoms with Gasteiger partial charge in [0.15, 0.2) is 0 Å². The van der Waals surface area contributed by atoms with Gasteiger partial charge in [-0.1, -0.05) is 109 Å². The van der Waals surface area contributed by atoms with Crippen molar-refractivity contribution in [3.05, 3.63) is 178 Å². The van der Waals surface area contributed by atoms with Crippen molar-refractivity contribution in [3.8, 4) is 11.1 Å². The Hall–Kier alpha value is -5.34. The summed E-state index contributed by atoms with van der Waals surface area (Å²) >= 11 is 0. The first-order valence-electron chi connectivity index (χ1n) is 18.1. The molecule has 0 atom stereocenters. The molecule has 2 aliphatic carbocycles. The van der Waals surface area contributed by atoms with Crippen molar-refractivity contribution < 1.29 is 0 Å². The molecule has 0 unspecified atom stereocenters. The van der Waals surface area contributed by atoms with Crippen molar-refractivity contribution in [3.63, 3.8) is 0 Å². The predicted octanol–water partition coefficient (Wildman–Crippen LogP) is 11.1. The van der Waals surface area contributed by atoms with Crippen LogP contribution in [-0.2, 0) is 31.1 Å². The van der Waals surface area contributed by atoms with Crippen LogP contribution in [0.4, 0.5) is 22.7 Å². The highest BCUT2D eigenvalue weighted by molar-refractivity contribution is 5.87. The first-order valence-corrected chi connectivity index (χ1v) is 18.1. The van der Waals surface area contributed by atoms with Gasteiger partial charge >= 0.3 is 0 Å². The van der Waals surface area contributed by atoms with Crippen molar-refractivity contribution in [1.82, 2.24) is 0 Å². The van der Waals surface area contributed by atoms with Gasteiger partial charge in [-0.3, -0.25) is 0 Å². The second kappa shape index (κ2) is 11.4. The van der Waals surface area contributed by atoms with E-state index < -0.39 is 0 Å². The highest BCUT2D eigenvalue weighted by atomic mass is 15.1. The fourth-order valence-corrected chi connectivity index (χ4v) is 9.33. The lowest BCUT2D eigenvalue weighted by Crippen LogP contribution is -2.27. The maximum atomic E-state index is 2.56. The van der Waals surface area contributed by atoms with Crippen LogP contribution in [0.5, 0.6) is 0 Å². The summed E-state index contributed by atoms with van der Waals surface area (Å²) < 4.78 is 0. The zero-order valence-corrected chi connectivity index (χ0v) is 27.9. The number of hydrogen-bond acceptors (Lipinski definition) is 2. The molecule has 1 spiro atoms. The van der Waals surface area contributed by atoms with E-state index in [0.717, 1.165) is 32.4 Å². The van der Waals surface area contributed by atoms with Gasteiger partial charge in [0.05, 0.1) is 0 Å². The number of fused-ring (bicyclic) bond motifs is 8. The smallest absolute Gasteiger partial charge is 0.0443 e. The first kappa shape index (κ1) is 28.7. The molecule has 238 valence electrons. The molecule has 0 bridgehead atoms. The molecule has 6 aromatic rings. The van der Waals surface area contributed by atoms with Crippen molar-refractivity contribution in [2.24, 2.45) is 0 Å². The molecule has 0 fully saturated rings. The highest BCUT2D eigenvalue weighted by Gasteiger charge is 2.47. The SMILES string of the molecule is C(=C\c1ccc2c(c1)C1(Cc3ccccc3C1)c1cc(N3CCCc4ccccc43)ccc1-2)/c1ccc(N2CCCc3ccccc32)cc1. The topological polar surface area (TPSA) is 6.48 Å². The Morgan fingerprint density at radius 3 is 1.59 bits per heavy atom. The number of aryl methyl sites for hydroxylation is 2. The number of anilines is 4. The van der Waals surface area contributed by atoms with Crippen LogP contribution in [-0.4, -0.2) is 13.1 Å². The molecule has 0 amide bonds. The molecule has 0 saturated heterocycles. The number of benzene rings is 6. The average Bonchev–Trinajstić information content (AvgIpc) is 3.68. The van der Waals surface area contributed by atoms with Gasteiger partial charge in [0.2, 0.25) is 0 Å². The number of para-hydroxylation sites is 2. The first-order chi connectivity index (χ1) is 24.2. The Balaban J connectivity index is 0.993. The van der Waals surface area contributed by atoms with Gasteiger partial charge in [-0.05, 0) is 131 Å². The van der Waals surface area contributed by atoms with E-state index >= 15 is 0 Å². The summed E-state index contributed by atoms with van der Waals surface area (Å²) in [5, 5.41) is 0. The summed E-state index contributed by atoms with van der Waals surface area (Å²) in [6, 6.07) is 50.6. The Labute approximate surface area is 290 Å². The van der Waals surface area contributed by atoms with E-state index in [4.69, 9.17) is 0 Å². The zero-order valence-electron chi connectivity index (χ0n) is 27.9. The van der Waals surface area contributed by atoms with Crippen molar-refractivity contribution in [1.29, 1.82) is 0 Å². The normalized spacial score (nSPS) is 16.7. The predicted molar refractivity (Wildman–Crippen MR) is 205 cm³/mol. The van der Waals surface area contributed by atoms with E-state index in [0.29, 0.717) is 0 Å². The van der Waals surface area contributed by atoms with Crippen LogP contribution >= 0.6 is 0 Å². The van der Waals surface area contributed by atoms with Crippen LogP contribution in [0.2, 0.25) is 0 Å². The molecule has 0 radical (unpaired) electrons. The Bertz CT molecular complexity index is 2230. The van der Waals surface area contributed by atoms with Gasteiger partial charge in [0, 0.05) is 41.3 Å². The van der Waals surface area contributed by atoms with Gasteiger partial charge in [-0.15, -0.1) is 0 Å². The van der Waals surface area contributed by atoms with Crippen LogP contribution < -0.4 is 9.80 Å². The van der Waals surface area contributed by atoms with Crippen LogP contribution in [0.1, 0.15) is 57.3 Å². The molecule has 6 aromatic carbocycles. The third-order valence-electron chi connectivity index (χ3n) is 11.7. The Morgan fingerprint density at radius 2 is 0.939 bits per heavy atom. The van der Waals surface area contributed by atoms with E-state index in [9.17, 15) is 0 Å². The summed E-state index contributed by atoms with van der Waals surface area (Å²) in [7, 11) is 0. The Kier molecular flexibility index (Phi) is 6.65. The average molecular weight is 633 g/mol. The molecule has 0 aromatic heterocycles.